The molecular formula is C46H53N3O9Si. The number of ether oxygens (including phenoxy) is 4. The van der Waals surface area contributed by atoms with Gasteiger partial charge in [0.25, 0.3) is 11.8 Å². The lowest BCUT2D eigenvalue weighted by Crippen LogP contribution is -2.52. The Balaban J connectivity index is 1.34. The van der Waals surface area contributed by atoms with Crippen LogP contribution in [0.5, 0.6) is 11.5 Å². The lowest BCUT2D eigenvalue weighted by atomic mass is 9.82. The molecule has 0 radical (unpaired) electrons. The van der Waals surface area contributed by atoms with Crippen LogP contribution in [0.15, 0.2) is 97.1 Å². The van der Waals surface area contributed by atoms with Crippen LogP contribution < -0.4 is 24.5 Å². The largest absolute Gasteiger partial charge is 0.497 e. The fourth-order valence-corrected chi connectivity index (χ4v) is 13.4. The van der Waals surface area contributed by atoms with Gasteiger partial charge in [-0.15, -0.1) is 0 Å². The molecule has 59 heavy (non-hydrogen) atoms. The third kappa shape index (κ3) is 7.86. The Morgan fingerprint density at radius 2 is 1.66 bits per heavy atom. The highest BCUT2D eigenvalue weighted by Crippen LogP contribution is 2.60. The number of esters is 1. The van der Waals surface area contributed by atoms with Gasteiger partial charge in [0, 0.05) is 43.2 Å². The number of hydrogen-bond acceptors (Lipinski definition) is 9. The van der Waals surface area contributed by atoms with E-state index in [1.54, 1.807) is 21.8 Å². The smallest absolute Gasteiger partial charge is 0.305 e. The average molecular weight is 820 g/mol. The van der Waals surface area contributed by atoms with Gasteiger partial charge < -0.3 is 33.9 Å². The first kappa shape index (κ1) is 41.6. The van der Waals surface area contributed by atoms with Crippen LogP contribution in [0.2, 0.25) is 18.6 Å². The van der Waals surface area contributed by atoms with E-state index in [2.05, 4.69) is 32.2 Å². The number of fused-ring (bicyclic) bond motifs is 3. The SMILES string of the molecule is COC(=O)CCCCN1C(=O)[C@@]2(O[C@@H](CC(=O)N(CCO)Cc3ccccc3)[C@H]([Si](C)(C)c3ccc(OC)cc3)[C@H]2C)c2cc(N3C(=O)COc4ccccc43)ccc21. The molecule has 1 N–H and O–H groups in total. The number of carbonyl (C=O) groups is 4. The van der Waals surface area contributed by atoms with Crippen LogP contribution in [0.3, 0.4) is 0 Å². The summed E-state index contributed by atoms with van der Waals surface area (Å²) >= 11 is 0. The van der Waals surface area contributed by atoms with Crippen molar-refractivity contribution in [3.63, 3.8) is 0 Å². The number of rotatable bonds is 15. The summed E-state index contributed by atoms with van der Waals surface area (Å²) in [6.45, 7) is 7.02. The maximum Gasteiger partial charge on any atom is 0.305 e. The van der Waals surface area contributed by atoms with Crippen molar-refractivity contribution in [2.24, 2.45) is 5.92 Å². The number of unbranched alkanes of at least 4 members (excludes halogenated alkanes) is 1. The zero-order valence-electron chi connectivity index (χ0n) is 34.4. The Kier molecular flexibility index (Phi) is 12.3. The van der Waals surface area contributed by atoms with E-state index < -0.39 is 25.7 Å². The number of hydrogen-bond donors (Lipinski definition) is 1. The van der Waals surface area contributed by atoms with Gasteiger partial charge in [-0.2, -0.15) is 0 Å². The molecule has 3 aliphatic heterocycles. The van der Waals surface area contributed by atoms with Crippen LogP contribution in [-0.4, -0.2) is 88.4 Å². The van der Waals surface area contributed by atoms with Gasteiger partial charge in [-0.05, 0) is 66.4 Å². The monoisotopic (exact) mass is 819 g/mol. The number of amides is 3. The molecule has 0 aromatic heterocycles. The molecule has 3 heterocycles. The molecule has 4 aromatic carbocycles. The Morgan fingerprint density at radius 1 is 0.932 bits per heavy atom. The van der Waals surface area contributed by atoms with Crippen molar-refractivity contribution in [1.29, 1.82) is 0 Å². The molecule has 1 fully saturated rings. The van der Waals surface area contributed by atoms with E-state index in [0.29, 0.717) is 54.3 Å². The van der Waals surface area contributed by atoms with Gasteiger partial charge in [0.1, 0.15) is 11.5 Å². The van der Waals surface area contributed by atoms with Gasteiger partial charge in [-0.25, -0.2) is 0 Å². The van der Waals surface area contributed by atoms with Crippen molar-refractivity contribution >= 4 is 54.0 Å². The molecule has 0 saturated carbocycles. The van der Waals surface area contributed by atoms with Gasteiger partial charge in [-0.1, -0.05) is 79.8 Å². The number of methoxy groups -OCH3 is 2. The number of carbonyl (C=O) groups excluding carboxylic acids is 4. The first-order valence-corrected chi connectivity index (χ1v) is 23.3. The minimum atomic E-state index is -2.63. The number of aliphatic hydroxyl groups excluding tert-OH is 1. The van der Waals surface area contributed by atoms with Crippen LogP contribution in [0.25, 0.3) is 0 Å². The fraction of sp³-hybridized carbons (Fsp3) is 0.391. The highest BCUT2D eigenvalue weighted by Gasteiger charge is 2.66. The van der Waals surface area contributed by atoms with E-state index in [4.69, 9.17) is 18.9 Å². The van der Waals surface area contributed by atoms with Gasteiger partial charge in [0.2, 0.25) is 5.91 Å². The van der Waals surface area contributed by atoms with E-state index in [1.165, 1.54) is 7.11 Å². The quantitative estimate of drug-likeness (QED) is 0.0862. The van der Waals surface area contributed by atoms with Gasteiger partial charge >= 0.3 is 5.97 Å². The second-order valence-corrected chi connectivity index (χ2v) is 20.7. The maximum absolute atomic E-state index is 15.4. The molecule has 7 rings (SSSR count). The van der Waals surface area contributed by atoms with E-state index >= 15 is 4.79 Å². The van der Waals surface area contributed by atoms with Gasteiger partial charge in [0.15, 0.2) is 12.2 Å². The molecule has 13 heteroatoms. The predicted octanol–water partition coefficient (Wildman–Crippen LogP) is 6.07. The summed E-state index contributed by atoms with van der Waals surface area (Å²) in [5, 5.41) is 11.2. The zero-order chi connectivity index (χ0) is 41.9. The number of nitrogens with zero attached hydrogens (tertiary/aromatic N) is 3. The average Bonchev–Trinajstić information content (AvgIpc) is 3.67. The minimum Gasteiger partial charge on any atom is -0.497 e. The van der Waals surface area contributed by atoms with Crippen LogP contribution in [0.1, 0.15) is 43.7 Å². The topological polar surface area (TPSA) is 135 Å². The first-order chi connectivity index (χ1) is 28.4. The number of benzene rings is 4. The second kappa shape index (κ2) is 17.4. The molecular weight excluding hydrogens is 767 g/mol. The Morgan fingerprint density at radius 3 is 2.37 bits per heavy atom. The van der Waals surface area contributed by atoms with E-state index in [1.807, 2.05) is 84.9 Å². The van der Waals surface area contributed by atoms with E-state index in [9.17, 15) is 19.5 Å². The second-order valence-electron chi connectivity index (χ2n) is 16.1. The molecule has 0 unspecified atom stereocenters. The van der Waals surface area contributed by atoms with Crippen LogP contribution in [0.4, 0.5) is 17.1 Å². The molecule has 0 aliphatic carbocycles. The molecule has 4 aromatic rings. The third-order valence-corrected chi connectivity index (χ3v) is 16.7. The van der Waals surface area contributed by atoms with Crippen LogP contribution >= 0.6 is 0 Å². The fourth-order valence-electron chi connectivity index (χ4n) is 9.41. The van der Waals surface area contributed by atoms with Gasteiger partial charge in [-0.3, -0.25) is 24.1 Å². The molecule has 12 nitrogen and oxygen atoms in total. The number of para-hydroxylation sites is 2. The standard InChI is InChI=1S/C46H53N3O9Si/c1-31-44(59(4,5)35-21-19-34(55-2)20-22-35)40(28-41(51)47(25-26-50)29-32-13-7-6-8-14-32)58-46(31)36-27-33(49-38-15-9-10-16-39(38)57-30-42(49)52)18-23-37(36)48(45(46)54)24-12-11-17-43(53)56-3/h6-10,13-16,18-23,27,31,40,44,50H,11-12,17,24-26,28-30H2,1-5H3/t31-,40+,44-,46+/m1/s1. The maximum atomic E-state index is 15.4. The molecule has 1 spiro atoms. The number of anilines is 3. The number of aliphatic hydroxyl groups is 1. The summed E-state index contributed by atoms with van der Waals surface area (Å²) in [6, 6.07) is 30.7. The van der Waals surface area contributed by atoms with Crippen molar-refractivity contribution in [3.8, 4) is 11.5 Å². The highest BCUT2D eigenvalue weighted by molar-refractivity contribution is 6.91. The minimum absolute atomic E-state index is 0.00701. The summed E-state index contributed by atoms with van der Waals surface area (Å²) in [5.41, 5.74) is 1.66. The normalized spacial score (nSPS) is 20.9. The Bertz CT molecular complexity index is 2180. The molecule has 310 valence electrons. The van der Waals surface area contributed by atoms with Gasteiger partial charge in [0.05, 0.1) is 52.8 Å². The van der Waals surface area contributed by atoms with Crippen molar-refractivity contribution in [2.75, 3.05) is 50.3 Å². The molecule has 0 bridgehead atoms. The van der Waals surface area contributed by atoms with Crippen molar-refractivity contribution in [3.05, 3.63) is 108 Å². The summed E-state index contributed by atoms with van der Waals surface area (Å²) in [5.74, 6) is -0.0997. The van der Waals surface area contributed by atoms with Crippen LogP contribution in [-0.2, 0) is 40.8 Å². The van der Waals surface area contributed by atoms with Crippen molar-refractivity contribution < 1.29 is 43.2 Å². The predicted molar refractivity (Wildman–Crippen MR) is 227 cm³/mol. The zero-order valence-corrected chi connectivity index (χ0v) is 35.4. The van der Waals surface area contributed by atoms with Crippen molar-refractivity contribution in [2.45, 2.75) is 69.5 Å². The molecule has 4 atom stereocenters. The summed E-state index contributed by atoms with van der Waals surface area (Å²) in [7, 11) is 0.366. The summed E-state index contributed by atoms with van der Waals surface area (Å²) in [6.07, 6.45) is 0.596. The lowest BCUT2D eigenvalue weighted by Gasteiger charge is -2.37. The Hall–Kier alpha value is -5.50. The summed E-state index contributed by atoms with van der Waals surface area (Å²) < 4.78 is 23.5. The van der Waals surface area contributed by atoms with E-state index in [-0.39, 0.29) is 61.8 Å². The van der Waals surface area contributed by atoms with Crippen molar-refractivity contribution in [1.82, 2.24) is 4.90 Å². The first-order valence-electron chi connectivity index (χ1n) is 20.3. The summed E-state index contributed by atoms with van der Waals surface area (Å²) in [4.78, 5) is 60.6. The third-order valence-electron chi connectivity index (χ3n) is 12.3. The molecule has 1 saturated heterocycles. The molecule has 3 amide bonds. The highest BCUT2D eigenvalue weighted by atomic mass is 28.3. The van der Waals surface area contributed by atoms with Crippen LogP contribution in [0, 0.1) is 5.92 Å². The van der Waals surface area contributed by atoms with E-state index in [0.717, 1.165) is 16.5 Å². The lowest BCUT2D eigenvalue weighted by molar-refractivity contribution is -0.149. The molecule has 3 aliphatic rings. The Labute approximate surface area is 346 Å².